The van der Waals surface area contributed by atoms with Gasteiger partial charge >= 0.3 is 0 Å². The lowest BCUT2D eigenvalue weighted by atomic mass is 10.1. The first-order valence-corrected chi connectivity index (χ1v) is 4.71. The van der Waals surface area contributed by atoms with Crippen molar-refractivity contribution in [1.82, 2.24) is 5.32 Å². The fourth-order valence-corrected chi connectivity index (χ4v) is 0.936. The van der Waals surface area contributed by atoms with Gasteiger partial charge in [0.2, 0.25) is 5.78 Å². The number of rotatable bonds is 6. The van der Waals surface area contributed by atoms with E-state index in [0.29, 0.717) is 13.0 Å². The van der Waals surface area contributed by atoms with Crippen LogP contribution in [-0.2, 0) is 9.59 Å². The predicted octanol–water partition coefficient (Wildman–Crippen LogP) is 0.209. The Kier molecular flexibility index (Phi) is 6.14. The summed E-state index contributed by atoms with van der Waals surface area (Å²) in [4.78, 5) is 22.3. The lowest BCUT2D eigenvalue weighted by molar-refractivity contribution is -0.138. The van der Waals surface area contributed by atoms with E-state index in [1.165, 1.54) is 0 Å². The fourth-order valence-electron chi connectivity index (χ4n) is 0.936. The molecule has 0 aliphatic rings. The van der Waals surface area contributed by atoms with Crippen LogP contribution in [0.2, 0.25) is 0 Å². The van der Waals surface area contributed by atoms with Crippen LogP contribution in [0, 0.1) is 0 Å². The Morgan fingerprint density at radius 3 is 2.38 bits per heavy atom. The van der Waals surface area contributed by atoms with Crippen LogP contribution in [0.1, 0.15) is 33.1 Å². The molecule has 0 radical (unpaired) electrons. The van der Waals surface area contributed by atoms with Crippen LogP contribution in [0.15, 0.2) is 0 Å². The number of nitrogens with one attached hydrogen (secondary N) is 1. The molecule has 1 atom stereocenters. The highest BCUT2D eigenvalue weighted by Crippen LogP contribution is 1.94. The molecular formula is C9H18N2O2. The Bertz CT molecular complexity index is 180. The van der Waals surface area contributed by atoms with Crippen molar-refractivity contribution in [3.05, 3.63) is 0 Å². The van der Waals surface area contributed by atoms with Crippen molar-refractivity contribution in [1.29, 1.82) is 0 Å². The zero-order valence-electron chi connectivity index (χ0n) is 8.30. The summed E-state index contributed by atoms with van der Waals surface area (Å²) in [6.45, 7) is 4.39. The van der Waals surface area contributed by atoms with E-state index in [2.05, 4.69) is 5.32 Å². The lowest BCUT2D eigenvalue weighted by Crippen LogP contribution is -2.42. The van der Waals surface area contributed by atoms with Crippen molar-refractivity contribution in [3.8, 4) is 0 Å². The van der Waals surface area contributed by atoms with Gasteiger partial charge in [0.25, 0.3) is 5.91 Å². The van der Waals surface area contributed by atoms with Crippen LogP contribution >= 0.6 is 0 Å². The highest BCUT2D eigenvalue weighted by atomic mass is 16.2. The molecule has 1 unspecified atom stereocenters. The standard InChI is InChI=1S/C9H18N2O2/c1-3-5-7(10)8(12)9(13)11-6-4-2/h7H,3-6,10H2,1-2H3,(H,11,13). The van der Waals surface area contributed by atoms with E-state index in [1.807, 2.05) is 13.8 Å². The van der Waals surface area contributed by atoms with Crippen LogP contribution in [0.25, 0.3) is 0 Å². The summed E-state index contributed by atoms with van der Waals surface area (Å²) >= 11 is 0. The summed E-state index contributed by atoms with van der Waals surface area (Å²) in [5.41, 5.74) is 5.49. The molecule has 0 aromatic heterocycles. The minimum atomic E-state index is -0.637. The van der Waals surface area contributed by atoms with Gasteiger partial charge in [0, 0.05) is 6.54 Å². The average molecular weight is 186 g/mol. The molecule has 0 fully saturated rings. The minimum absolute atomic E-state index is 0.504. The third-order valence-electron chi connectivity index (χ3n) is 1.70. The van der Waals surface area contributed by atoms with Crippen LogP contribution in [-0.4, -0.2) is 24.3 Å². The molecule has 0 rings (SSSR count). The molecule has 0 bridgehead atoms. The zero-order chi connectivity index (χ0) is 10.3. The highest BCUT2D eigenvalue weighted by Gasteiger charge is 2.19. The Balaban J connectivity index is 3.87. The molecule has 0 saturated carbocycles. The number of hydrogen-bond acceptors (Lipinski definition) is 3. The van der Waals surface area contributed by atoms with E-state index in [9.17, 15) is 9.59 Å². The SMILES string of the molecule is CCCNC(=O)C(=O)C(N)CCC. The number of nitrogens with two attached hydrogens (primary N) is 1. The van der Waals surface area contributed by atoms with Gasteiger partial charge < -0.3 is 11.1 Å². The Labute approximate surface area is 78.9 Å². The summed E-state index contributed by atoms with van der Waals surface area (Å²) in [7, 11) is 0. The topological polar surface area (TPSA) is 72.2 Å². The second-order valence-corrected chi connectivity index (χ2v) is 3.02. The molecule has 76 valence electrons. The minimum Gasteiger partial charge on any atom is -0.349 e. The van der Waals surface area contributed by atoms with Crippen molar-refractivity contribution in [2.75, 3.05) is 6.54 Å². The molecule has 0 aromatic rings. The average Bonchev–Trinajstić information content (AvgIpc) is 2.13. The van der Waals surface area contributed by atoms with Crippen molar-refractivity contribution >= 4 is 11.7 Å². The molecule has 0 heterocycles. The summed E-state index contributed by atoms with van der Waals surface area (Å²) in [6.07, 6.45) is 2.20. The number of hydrogen-bond donors (Lipinski definition) is 2. The third-order valence-corrected chi connectivity index (χ3v) is 1.70. The number of amides is 1. The first-order chi connectivity index (χ1) is 6.13. The van der Waals surface area contributed by atoms with Gasteiger partial charge in [-0.1, -0.05) is 20.3 Å². The zero-order valence-corrected chi connectivity index (χ0v) is 8.30. The maximum Gasteiger partial charge on any atom is 0.289 e. The number of ketones is 1. The van der Waals surface area contributed by atoms with Gasteiger partial charge in [-0.25, -0.2) is 0 Å². The molecule has 4 heteroatoms. The number of carbonyl (C=O) groups is 2. The molecule has 0 aromatic carbocycles. The van der Waals surface area contributed by atoms with Crippen LogP contribution in [0.5, 0.6) is 0 Å². The molecule has 0 aliphatic heterocycles. The summed E-state index contributed by atoms with van der Waals surface area (Å²) in [5.74, 6) is -1.06. The summed E-state index contributed by atoms with van der Waals surface area (Å²) in [5, 5.41) is 2.50. The second kappa shape index (κ2) is 6.60. The maximum absolute atomic E-state index is 11.2. The molecule has 0 spiro atoms. The number of Topliss-reactive ketones (excluding diaryl/α,β-unsaturated/α-hetero) is 1. The van der Waals surface area contributed by atoms with Crippen LogP contribution < -0.4 is 11.1 Å². The quantitative estimate of drug-likeness (QED) is 0.582. The third kappa shape index (κ3) is 4.62. The largest absolute Gasteiger partial charge is 0.349 e. The van der Waals surface area contributed by atoms with Gasteiger partial charge in [0.1, 0.15) is 0 Å². The predicted molar refractivity (Wildman–Crippen MR) is 51.2 cm³/mol. The van der Waals surface area contributed by atoms with Crippen molar-refractivity contribution in [3.63, 3.8) is 0 Å². The Morgan fingerprint density at radius 1 is 1.31 bits per heavy atom. The first kappa shape index (κ1) is 12.1. The van der Waals surface area contributed by atoms with Gasteiger partial charge in [-0.05, 0) is 12.8 Å². The van der Waals surface area contributed by atoms with Gasteiger partial charge in [-0.3, -0.25) is 9.59 Å². The number of carbonyl (C=O) groups excluding carboxylic acids is 2. The van der Waals surface area contributed by atoms with Gasteiger partial charge in [-0.2, -0.15) is 0 Å². The fraction of sp³-hybridized carbons (Fsp3) is 0.778. The second-order valence-electron chi connectivity index (χ2n) is 3.02. The molecule has 1 amide bonds. The summed E-state index contributed by atoms with van der Waals surface area (Å²) < 4.78 is 0. The van der Waals surface area contributed by atoms with E-state index >= 15 is 0 Å². The van der Waals surface area contributed by atoms with Crippen molar-refractivity contribution < 1.29 is 9.59 Å². The van der Waals surface area contributed by atoms with Gasteiger partial charge in [-0.15, -0.1) is 0 Å². The Morgan fingerprint density at radius 2 is 1.92 bits per heavy atom. The van der Waals surface area contributed by atoms with E-state index in [1.54, 1.807) is 0 Å². The van der Waals surface area contributed by atoms with Crippen LogP contribution in [0.3, 0.4) is 0 Å². The molecular weight excluding hydrogens is 168 g/mol. The first-order valence-electron chi connectivity index (χ1n) is 4.71. The molecule has 4 nitrogen and oxygen atoms in total. The van der Waals surface area contributed by atoms with Crippen molar-refractivity contribution in [2.45, 2.75) is 39.2 Å². The monoisotopic (exact) mass is 186 g/mol. The molecule has 0 aliphatic carbocycles. The van der Waals surface area contributed by atoms with E-state index < -0.39 is 17.7 Å². The van der Waals surface area contributed by atoms with Crippen LogP contribution in [0.4, 0.5) is 0 Å². The molecule has 3 N–H and O–H groups in total. The Hall–Kier alpha value is -0.900. The normalized spacial score (nSPS) is 12.2. The van der Waals surface area contributed by atoms with E-state index in [-0.39, 0.29) is 0 Å². The van der Waals surface area contributed by atoms with Gasteiger partial charge in [0.15, 0.2) is 0 Å². The van der Waals surface area contributed by atoms with Crippen molar-refractivity contribution in [2.24, 2.45) is 5.73 Å². The lowest BCUT2D eigenvalue weighted by Gasteiger charge is -2.08. The smallest absolute Gasteiger partial charge is 0.289 e. The highest BCUT2D eigenvalue weighted by molar-refractivity contribution is 6.38. The molecule has 0 saturated heterocycles. The van der Waals surface area contributed by atoms with E-state index in [4.69, 9.17) is 5.73 Å². The molecule has 13 heavy (non-hydrogen) atoms. The van der Waals surface area contributed by atoms with E-state index in [0.717, 1.165) is 12.8 Å². The van der Waals surface area contributed by atoms with Gasteiger partial charge in [0.05, 0.1) is 6.04 Å². The summed E-state index contributed by atoms with van der Waals surface area (Å²) in [6, 6.07) is -0.637. The maximum atomic E-state index is 11.2.